The first-order valence-electron chi connectivity index (χ1n) is 10.3. The lowest BCUT2D eigenvalue weighted by atomic mass is 9.88. The number of ether oxygens (including phenoxy) is 1. The van der Waals surface area contributed by atoms with Gasteiger partial charge in [-0.15, -0.1) is 0 Å². The van der Waals surface area contributed by atoms with Gasteiger partial charge >= 0.3 is 0 Å². The second-order valence-electron chi connectivity index (χ2n) is 7.88. The number of morpholine rings is 1. The van der Waals surface area contributed by atoms with Crippen LogP contribution in [0.4, 0.5) is 11.4 Å². The Balaban J connectivity index is 1.43. The third-order valence-electron chi connectivity index (χ3n) is 6.22. The van der Waals surface area contributed by atoms with Gasteiger partial charge in [0.1, 0.15) is 0 Å². The van der Waals surface area contributed by atoms with E-state index in [9.17, 15) is 14.9 Å². The molecule has 3 atom stereocenters. The minimum absolute atomic E-state index is 0.0152. The van der Waals surface area contributed by atoms with Gasteiger partial charge < -0.3 is 15.0 Å². The number of rotatable bonds is 5. The average molecular weight is 388 g/mol. The second kappa shape index (κ2) is 8.55. The van der Waals surface area contributed by atoms with Crippen LogP contribution in [0.25, 0.3) is 0 Å². The summed E-state index contributed by atoms with van der Waals surface area (Å²) < 4.78 is 5.49. The summed E-state index contributed by atoms with van der Waals surface area (Å²) in [6.45, 7) is 4.08. The highest BCUT2D eigenvalue weighted by atomic mass is 16.6. The third-order valence-corrected chi connectivity index (χ3v) is 6.22. The van der Waals surface area contributed by atoms with Gasteiger partial charge in [-0.05, 0) is 25.3 Å². The molecule has 1 N–H and O–H groups in total. The minimum atomic E-state index is -0.422. The van der Waals surface area contributed by atoms with Crippen LogP contribution in [0.1, 0.15) is 32.1 Å². The van der Waals surface area contributed by atoms with Crippen LogP contribution in [0.15, 0.2) is 24.3 Å². The first-order valence-corrected chi connectivity index (χ1v) is 10.3. The van der Waals surface area contributed by atoms with E-state index < -0.39 is 4.92 Å². The Morgan fingerprint density at radius 3 is 2.68 bits per heavy atom. The molecular weight excluding hydrogens is 360 g/mol. The first kappa shape index (κ1) is 19.3. The number of carbonyl (C=O) groups excluding carboxylic acids is 1. The van der Waals surface area contributed by atoms with Crippen LogP contribution in [0.5, 0.6) is 0 Å². The van der Waals surface area contributed by atoms with Crippen LogP contribution in [-0.2, 0) is 9.53 Å². The standard InChI is InChI=1S/C20H28N4O4/c25-20-18(8-9-23(20)15-4-3-5-16(14-15)24(26)27)21-17-6-1-2-7-19(17)22-10-12-28-13-11-22/h3-5,14,17-19,21H,1-2,6-13H2/t17-,18+,19-/m0/s1. The maximum atomic E-state index is 13.0. The highest BCUT2D eigenvalue weighted by Crippen LogP contribution is 2.28. The van der Waals surface area contributed by atoms with E-state index >= 15 is 0 Å². The average Bonchev–Trinajstić information content (AvgIpc) is 3.09. The number of nitrogens with one attached hydrogen (secondary N) is 1. The van der Waals surface area contributed by atoms with Crippen molar-refractivity contribution in [2.24, 2.45) is 0 Å². The molecule has 0 aromatic heterocycles. The molecule has 152 valence electrons. The number of hydrogen-bond acceptors (Lipinski definition) is 6. The molecule has 1 aromatic carbocycles. The van der Waals surface area contributed by atoms with Crippen molar-refractivity contribution in [3.8, 4) is 0 Å². The molecular formula is C20H28N4O4. The van der Waals surface area contributed by atoms with Gasteiger partial charge in [-0.2, -0.15) is 0 Å². The molecule has 0 bridgehead atoms. The van der Waals surface area contributed by atoms with Crippen molar-refractivity contribution in [3.05, 3.63) is 34.4 Å². The van der Waals surface area contributed by atoms with Crippen LogP contribution >= 0.6 is 0 Å². The second-order valence-corrected chi connectivity index (χ2v) is 7.88. The maximum Gasteiger partial charge on any atom is 0.271 e. The quantitative estimate of drug-likeness (QED) is 0.613. The van der Waals surface area contributed by atoms with Crippen LogP contribution in [0, 0.1) is 10.1 Å². The lowest BCUT2D eigenvalue weighted by molar-refractivity contribution is -0.384. The van der Waals surface area contributed by atoms with Gasteiger partial charge in [-0.3, -0.25) is 19.8 Å². The number of amides is 1. The Hall–Kier alpha value is -2.03. The summed E-state index contributed by atoms with van der Waals surface area (Å²) in [5.41, 5.74) is 0.623. The zero-order chi connectivity index (χ0) is 19.5. The van der Waals surface area contributed by atoms with Gasteiger partial charge in [-0.25, -0.2) is 0 Å². The number of anilines is 1. The number of non-ortho nitro benzene ring substituents is 1. The smallest absolute Gasteiger partial charge is 0.271 e. The SMILES string of the molecule is O=C1[C@H](N[C@H]2CCCC[C@@H]2N2CCOCC2)CCN1c1cccc([N+](=O)[O-])c1. The van der Waals surface area contributed by atoms with Crippen molar-refractivity contribution < 1.29 is 14.5 Å². The van der Waals surface area contributed by atoms with Crippen LogP contribution in [0.2, 0.25) is 0 Å². The van der Waals surface area contributed by atoms with Gasteiger partial charge in [-0.1, -0.05) is 18.9 Å². The summed E-state index contributed by atoms with van der Waals surface area (Å²) in [5, 5.41) is 14.7. The Kier molecular flexibility index (Phi) is 5.89. The van der Waals surface area contributed by atoms with E-state index in [4.69, 9.17) is 4.74 Å². The monoisotopic (exact) mass is 388 g/mol. The summed E-state index contributed by atoms with van der Waals surface area (Å²) in [6, 6.07) is 6.89. The number of nitro groups is 1. The van der Waals surface area contributed by atoms with Gasteiger partial charge in [0, 0.05) is 43.9 Å². The number of nitro benzene ring substituents is 1. The maximum absolute atomic E-state index is 13.0. The Labute approximate surface area is 165 Å². The molecule has 0 spiro atoms. The molecule has 1 amide bonds. The molecule has 2 aliphatic heterocycles. The molecule has 8 heteroatoms. The molecule has 28 heavy (non-hydrogen) atoms. The summed E-state index contributed by atoms with van der Waals surface area (Å²) in [6.07, 6.45) is 5.40. The Bertz CT molecular complexity index is 722. The molecule has 8 nitrogen and oxygen atoms in total. The Morgan fingerprint density at radius 1 is 1.11 bits per heavy atom. The zero-order valence-corrected chi connectivity index (χ0v) is 16.1. The molecule has 1 aliphatic carbocycles. The van der Waals surface area contributed by atoms with Crippen molar-refractivity contribution in [2.45, 2.75) is 50.2 Å². The number of hydrogen-bond donors (Lipinski definition) is 1. The van der Waals surface area contributed by atoms with Crippen molar-refractivity contribution in [1.29, 1.82) is 0 Å². The van der Waals surface area contributed by atoms with E-state index in [-0.39, 0.29) is 17.6 Å². The molecule has 2 heterocycles. The van der Waals surface area contributed by atoms with Crippen molar-refractivity contribution in [1.82, 2.24) is 10.2 Å². The van der Waals surface area contributed by atoms with Crippen LogP contribution < -0.4 is 10.2 Å². The molecule has 4 rings (SSSR count). The fourth-order valence-electron chi connectivity index (χ4n) is 4.78. The molecule has 1 aromatic rings. The van der Waals surface area contributed by atoms with E-state index in [2.05, 4.69) is 10.2 Å². The predicted octanol–water partition coefficient (Wildman–Crippen LogP) is 1.93. The lowest BCUT2D eigenvalue weighted by Crippen LogP contribution is -2.57. The number of nitrogens with zero attached hydrogens (tertiary/aromatic N) is 3. The number of benzene rings is 1. The summed E-state index contributed by atoms with van der Waals surface area (Å²) >= 11 is 0. The normalized spacial score (nSPS) is 29.2. The van der Waals surface area contributed by atoms with E-state index in [0.29, 0.717) is 24.3 Å². The van der Waals surface area contributed by atoms with Gasteiger partial charge in [0.2, 0.25) is 5.91 Å². The fraction of sp³-hybridized carbons (Fsp3) is 0.650. The molecule has 2 saturated heterocycles. The molecule has 0 unspecified atom stereocenters. The lowest BCUT2D eigenvalue weighted by Gasteiger charge is -2.42. The van der Waals surface area contributed by atoms with Crippen LogP contribution in [0.3, 0.4) is 0 Å². The van der Waals surface area contributed by atoms with E-state index in [0.717, 1.165) is 45.6 Å². The number of carbonyl (C=O) groups is 1. The summed E-state index contributed by atoms with van der Waals surface area (Å²) in [5.74, 6) is 0.0202. The van der Waals surface area contributed by atoms with E-state index in [1.54, 1.807) is 17.0 Å². The summed E-state index contributed by atoms with van der Waals surface area (Å²) in [7, 11) is 0. The zero-order valence-electron chi connectivity index (χ0n) is 16.1. The van der Waals surface area contributed by atoms with E-state index in [1.807, 2.05) is 0 Å². The first-order chi connectivity index (χ1) is 13.6. The molecule has 3 aliphatic rings. The molecule has 3 fully saturated rings. The van der Waals surface area contributed by atoms with Crippen molar-refractivity contribution in [2.75, 3.05) is 37.7 Å². The molecule has 1 saturated carbocycles. The summed E-state index contributed by atoms with van der Waals surface area (Å²) in [4.78, 5) is 27.8. The van der Waals surface area contributed by atoms with E-state index in [1.165, 1.54) is 25.0 Å². The highest BCUT2D eigenvalue weighted by Gasteiger charge is 2.38. The van der Waals surface area contributed by atoms with Gasteiger partial charge in [0.15, 0.2) is 0 Å². The fourth-order valence-corrected chi connectivity index (χ4v) is 4.78. The van der Waals surface area contributed by atoms with Gasteiger partial charge in [0.05, 0.1) is 29.9 Å². The Morgan fingerprint density at radius 2 is 1.89 bits per heavy atom. The minimum Gasteiger partial charge on any atom is -0.379 e. The largest absolute Gasteiger partial charge is 0.379 e. The van der Waals surface area contributed by atoms with Crippen molar-refractivity contribution >= 4 is 17.3 Å². The third kappa shape index (κ3) is 4.04. The van der Waals surface area contributed by atoms with Crippen molar-refractivity contribution in [3.63, 3.8) is 0 Å². The topological polar surface area (TPSA) is 88.0 Å². The van der Waals surface area contributed by atoms with Crippen LogP contribution in [-0.4, -0.2) is 66.7 Å². The van der Waals surface area contributed by atoms with Gasteiger partial charge in [0.25, 0.3) is 5.69 Å². The predicted molar refractivity (Wildman–Crippen MR) is 105 cm³/mol. The highest BCUT2D eigenvalue weighted by molar-refractivity contribution is 5.99. The molecule has 0 radical (unpaired) electrons.